The van der Waals surface area contributed by atoms with E-state index in [0.29, 0.717) is 19.6 Å². The monoisotopic (exact) mass is 421 g/mol. The quantitative estimate of drug-likeness (QED) is 0.413. The standard InChI is InChI=1S/C27H23N3O2/c31-27(28-16-8-7-9-19-17-29-25-14-5-6-15-26(25)30-19)32-18-24-22-12-3-1-10-20(22)21-11-2-4-13-23(21)24/h1-7,9-15,17,24H,8,16,18H2,(H,28,31). The van der Waals surface area contributed by atoms with E-state index in [-0.39, 0.29) is 5.92 Å². The molecule has 1 amide bonds. The van der Waals surface area contributed by atoms with Gasteiger partial charge in [-0.1, -0.05) is 66.7 Å². The van der Waals surface area contributed by atoms with Gasteiger partial charge >= 0.3 is 6.09 Å². The highest BCUT2D eigenvalue weighted by Crippen LogP contribution is 2.44. The number of hydrogen-bond donors (Lipinski definition) is 1. The number of fused-ring (bicyclic) bond motifs is 4. The first-order chi connectivity index (χ1) is 15.8. The molecule has 0 unspecified atom stereocenters. The van der Waals surface area contributed by atoms with E-state index in [0.717, 1.165) is 16.7 Å². The molecule has 0 bridgehead atoms. The Balaban J connectivity index is 1.12. The van der Waals surface area contributed by atoms with Crippen molar-refractivity contribution in [2.75, 3.05) is 13.2 Å². The molecule has 1 heterocycles. The number of benzene rings is 3. The second-order valence-electron chi connectivity index (χ2n) is 7.73. The second-order valence-corrected chi connectivity index (χ2v) is 7.73. The van der Waals surface area contributed by atoms with Crippen molar-refractivity contribution in [3.8, 4) is 11.1 Å². The normalized spacial score (nSPS) is 12.6. The van der Waals surface area contributed by atoms with E-state index in [1.54, 1.807) is 6.20 Å². The van der Waals surface area contributed by atoms with E-state index in [1.165, 1.54) is 22.3 Å². The highest BCUT2D eigenvalue weighted by molar-refractivity contribution is 5.79. The lowest BCUT2D eigenvalue weighted by Gasteiger charge is -2.14. The van der Waals surface area contributed by atoms with Crippen LogP contribution in [0.2, 0.25) is 0 Å². The number of ether oxygens (including phenoxy) is 1. The fraction of sp³-hybridized carbons (Fsp3) is 0.148. The van der Waals surface area contributed by atoms with Gasteiger partial charge in [0.2, 0.25) is 0 Å². The number of amides is 1. The molecule has 0 aliphatic heterocycles. The van der Waals surface area contributed by atoms with Crippen molar-refractivity contribution >= 4 is 23.2 Å². The molecule has 0 fully saturated rings. The topological polar surface area (TPSA) is 64.1 Å². The van der Waals surface area contributed by atoms with Crippen LogP contribution in [0.3, 0.4) is 0 Å². The van der Waals surface area contributed by atoms with E-state index >= 15 is 0 Å². The summed E-state index contributed by atoms with van der Waals surface area (Å²) in [6, 6.07) is 24.4. The Labute approximate surface area is 186 Å². The van der Waals surface area contributed by atoms with Gasteiger partial charge in [0, 0.05) is 12.5 Å². The Morgan fingerprint density at radius 1 is 0.906 bits per heavy atom. The minimum absolute atomic E-state index is 0.0690. The largest absolute Gasteiger partial charge is 0.449 e. The smallest absolute Gasteiger partial charge is 0.407 e. The predicted molar refractivity (Wildman–Crippen MR) is 126 cm³/mol. The number of nitrogens with one attached hydrogen (secondary N) is 1. The fourth-order valence-corrected chi connectivity index (χ4v) is 4.16. The number of nitrogens with zero attached hydrogens (tertiary/aromatic N) is 2. The molecule has 1 aromatic heterocycles. The Morgan fingerprint density at radius 3 is 2.31 bits per heavy atom. The fourth-order valence-electron chi connectivity index (χ4n) is 4.16. The van der Waals surface area contributed by atoms with E-state index in [9.17, 15) is 4.79 Å². The molecule has 0 saturated heterocycles. The van der Waals surface area contributed by atoms with Crippen LogP contribution in [0.4, 0.5) is 4.79 Å². The first kappa shape index (κ1) is 19.9. The van der Waals surface area contributed by atoms with Crippen LogP contribution in [0.25, 0.3) is 28.2 Å². The van der Waals surface area contributed by atoms with Crippen LogP contribution < -0.4 is 5.32 Å². The van der Waals surface area contributed by atoms with Gasteiger partial charge in [-0.05, 0) is 46.9 Å². The summed E-state index contributed by atoms with van der Waals surface area (Å²) >= 11 is 0. The summed E-state index contributed by atoms with van der Waals surface area (Å²) in [6.07, 6.45) is 5.92. The zero-order valence-electron chi connectivity index (χ0n) is 17.6. The Kier molecular flexibility index (Phi) is 5.62. The van der Waals surface area contributed by atoms with Crippen LogP contribution in [-0.2, 0) is 4.74 Å². The van der Waals surface area contributed by atoms with Gasteiger partial charge in [-0.2, -0.15) is 0 Å². The van der Waals surface area contributed by atoms with Crippen molar-refractivity contribution in [1.82, 2.24) is 15.3 Å². The number of carbonyl (C=O) groups is 1. The molecule has 0 atom stereocenters. The van der Waals surface area contributed by atoms with Crippen LogP contribution in [0.1, 0.15) is 29.2 Å². The van der Waals surface area contributed by atoms with E-state index in [2.05, 4.69) is 39.6 Å². The van der Waals surface area contributed by atoms with Gasteiger partial charge in [0.25, 0.3) is 0 Å². The number of hydrogen-bond acceptors (Lipinski definition) is 4. The van der Waals surface area contributed by atoms with Crippen molar-refractivity contribution < 1.29 is 9.53 Å². The van der Waals surface area contributed by atoms with Crippen molar-refractivity contribution in [2.24, 2.45) is 0 Å². The van der Waals surface area contributed by atoms with Crippen LogP contribution in [0, 0.1) is 0 Å². The molecular formula is C27H23N3O2. The van der Waals surface area contributed by atoms with Gasteiger partial charge in [0.1, 0.15) is 6.61 Å². The van der Waals surface area contributed by atoms with Gasteiger partial charge in [0.05, 0.1) is 22.9 Å². The lowest BCUT2D eigenvalue weighted by atomic mass is 9.98. The number of alkyl carbamates (subject to hydrolysis) is 1. The van der Waals surface area contributed by atoms with Crippen molar-refractivity contribution in [3.05, 3.63) is 102 Å². The van der Waals surface area contributed by atoms with E-state index < -0.39 is 6.09 Å². The number of para-hydroxylation sites is 2. The molecule has 5 rings (SSSR count). The van der Waals surface area contributed by atoms with Gasteiger partial charge in [-0.15, -0.1) is 0 Å². The Bertz CT molecular complexity index is 1250. The number of aromatic nitrogens is 2. The molecule has 0 spiro atoms. The first-order valence-corrected chi connectivity index (χ1v) is 10.8. The lowest BCUT2D eigenvalue weighted by Crippen LogP contribution is -2.26. The highest BCUT2D eigenvalue weighted by Gasteiger charge is 2.28. The predicted octanol–water partition coefficient (Wildman–Crippen LogP) is 5.57. The second kappa shape index (κ2) is 9.02. The van der Waals surface area contributed by atoms with Gasteiger partial charge in [-0.25, -0.2) is 9.78 Å². The third-order valence-corrected chi connectivity index (χ3v) is 5.68. The third-order valence-electron chi connectivity index (χ3n) is 5.68. The van der Waals surface area contributed by atoms with Crippen molar-refractivity contribution in [2.45, 2.75) is 12.3 Å². The molecular weight excluding hydrogens is 398 g/mol. The Morgan fingerprint density at radius 2 is 1.56 bits per heavy atom. The SMILES string of the molecule is O=C(NCCC=Cc1cnc2ccccc2n1)OCC1c2ccccc2-c2ccccc21. The number of rotatable bonds is 6. The lowest BCUT2D eigenvalue weighted by molar-refractivity contribution is 0.143. The zero-order valence-corrected chi connectivity index (χ0v) is 17.6. The molecule has 0 saturated carbocycles. The molecule has 32 heavy (non-hydrogen) atoms. The molecule has 0 radical (unpaired) electrons. The van der Waals surface area contributed by atoms with Crippen molar-refractivity contribution in [1.29, 1.82) is 0 Å². The van der Waals surface area contributed by atoms with Crippen molar-refractivity contribution in [3.63, 3.8) is 0 Å². The van der Waals surface area contributed by atoms with Crippen LogP contribution in [0.5, 0.6) is 0 Å². The summed E-state index contributed by atoms with van der Waals surface area (Å²) in [6.45, 7) is 0.816. The molecule has 1 N–H and O–H groups in total. The number of carbonyl (C=O) groups excluding carboxylic acids is 1. The molecule has 5 heteroatoms. The summed E-state index contributed by atoms with van der Waals surface area (Å²) in [5, 5.41) is 2.82. The summed E-state index contributed by atoms with van der Waals surface area (Å²) < 4.78 is 5.56. The van der Waals surface area contributed by atoms with Crippen LogP contribution >= 0.6 is 0 Å². The maximum Gasteiger partial charge on any atom is 0.407 e. The maximum atomic E-state index is 12.2. The summed E-state index contributed by atoms with van der Waals surface area (Å²) in [5.41, 5.74) is 7.40. The molecule has 4 aromatic rings. The molecule has 3 aromatic carbocycles. The Hall–Kier alpha value is -3.99. The molecule has 158 valence electrons. The average Bonchev–Trinajstić information content (AvgIpc) is 3.16. The summed E-state index contributed by atoms with van der Waals surface area (Å²) in [4.78, 5) is 21.2. The van der Waals surface area contributed by atoms with Crippen LogP contribution in [-0.4, -0.2) is 29.2 Å². The maximum absolute atomic E-state index is 12.2. The van der Waals surface area contributed by atoms with Crippen LogP contribution in [0.15, 0.2) is 85.1 Å². The molecule has 1 aliphatic rings. The van der Waals surface area contributed by atoms with Gasteiger partial charge < -0.3 is 10.1 Å². The minimum atomic E-state index is -0.397. The average molecular weight is 422 g/mol. The van der Waals surface area contributed by atoms with Gasteiger partial charge in [-0.3, -0.25) is 4.98 Å². The van der Waals surface area contributed by atoms with Gasteiger partial charge in [0.15, 0.2) is 0 Å². The molecule has 1 aliphatic carbocycles. The summed E-state index contributed by atoms with van der Waals surface area (Å²) in [5.74, 6) is 0.0690. The zero-order chi connectivity index (χ0) is 21.8. The minimum Gasteiger partial charge on any atom is -0.449 e. The summed E-state index contributed by atoms with van der Waals surface area (Å²) in [7, 11) is 0. The third kappa shape index (κ3) is 4.10. The van der Waals surface area contributed by atoms with E-state index in [4.69, 9.17) is 4.74 Å². The first-order valence-electron chi connectivity index (χ1n) is 10.8. The van der Waals surface area contributed by atoms with E-state index in [1.807, 2.05) is 60.7 Å². The molecule has 5 nitrogen and oxygen atoms in total. The highest BCUT2D eigenvalue weighted by atomic mass is 16.5.